The minimum atomic E-state index is -0.140. The highest BCUT2D eigenvalue weighted by Crippen LogP contribution is 2.32. The van der Waals surface area contributed by atoms with Gasteiger partial charge in [-0.05, 0) is 25.5 Å². The lowest BCUT2D eigenvalue weighted by atomic mass is 10.2. The molecule has 2 aromatic heterocycles. The van der Waals surface area contributed by atoms with E-state index in [1.807, 2.05) is 37.3 Å². The van der Waals surface area contributed by atoms with Crippen LogP contribution in [0.25, 0.3) is 11.5 Å². The first-order chi connectivity index (χ1) is 11.7. The molecule has 0 aliphatic heterocycles. The van der Waals surface area contributed by atoms with Gasteiger partial charge in [0.25, 0.3) is 5.56 Å². The van der Waals surface area contributed by atoms with E-state index in [0.29, 0.717) is 16.9 Å². The number of benzene rings is 1. The first-order valence-electron chi connectivity index (χ1n) is 7.81. The van der Waals surface area contributed by atoms with Gasteiger partial charge in [-0.2, -0.15) is 0 Å². The van der Waals surface area contributed by atoms with E-state index in [4.69, 9.17) is 4.42 Å². The van der Waals surface area contributed by atoms with Crippen LogP contribution in [0, 0.1) is 0 Å². The number of aryl methyl sites for hydroxylation is 1. The molecular formula is C17H18N4O2S. The molecule has 1 atom stereocenters. The third-order valence-electron chi connectivity index (χ3n) is 3.38. The van der Waals surface area contributed by atoms with Crippen LogP contribution in [0.1, 0.15) is 37.1 Å². The van der Waals surface area contributed by atoms with Gasteiger partial charge in [0.05, 0.1) is 5.25 Å². The van der Waals surface area contributed by atoms with Crippen molar-refractivity contribution >= 4 is 11.8 Å². The van der Waals surface area contributed by atoms with Gasteiger partial charge in [-0.15, -0.1) is 10.2 Å². The van der Waals surface area contributed by atoms with E-state index in [2.05, 4.69) is 27.1 Å². The van der Waals surface area contributed by atoms with Crippen molar-refractivity contribution in [2.75, 3.05) is 0 Å². The number of H-pyrrole nitrogens is 1. The molecule has 0 saturated heterocycles. The van der Waals surface area contributed by atoms with Gasteiger partial charge in [0, 0.05) is 17.3 Å². The monoisotopic (exact) mass is 342 g/mol. The normalized spacial score (nSPS) is 12.2. The fraction of sp³-hybridized carbons (Fsp3) is 0.294. The van der Waals surface area contributed by atoms with Gasteiger partial charge >= 0.3 is 0 Å². The van der Waals surface area contributed by atoms with Crippen LogP contribution in [0.15, 0.2) is 50.8 Å². The van der Waals surface area contributed by atoms with Crippen LogP contribution >= 0.6 is 11.8 Å². The molecule has 0 aliphatic rings. The van der Waals surface area contributed by atoms with Crippen molar-refractivity contribution in [2.45, 2.75) is 37.1 Å². The smallest absolute Gasteiger partial charge is 0.251 e. The molecule has 0 aliphatic carbocycles. The lowest BCUT2D eigenvalue weighted by molar-refractivity contribution is 0.509. The van der Waals surface area contributed by atoms with Gasteiger partial charge in [-0.25, -0.2) is 4.98 Å². The van der Waals surface area contributed by atoms with Gasteiger partial charge < -0.3 is 9.40 Å². The van der Waals surface area contributed by atoms with E-state index in [9.17, 15) is 4.79 Å². The van der Waals surface area contributed by atoms with Gasteiger partial charge in [-0.3, -0.25) is 4.79 Å². The number of rotatable bonds is 6. The Morgan fingerprint density at radius 1 is 1.25 bits per heavy atom. The second kappa shape index (κ2) is 7.44. The Morgan fingerprint density at radius 2 is 2.04 bits per heavy atom. The lowest BCUT2D eigenvalue weighted by Gasteiger charge is -2.07. The molecule has 3 aromatic rings. The largest absolute Gasteiger partial charge is 0.419 e. The topological polar surface area (TPSA) is 84.7 Å². The number of hydrogen-bond donors (Lipinski definition) is 1. The number of thioether (sulfide) groups is 1. The van der Waals surface area contributed by atoms with Crippen molar-refractivity contribution in [3.63, 3.8) is 0 Å². The summed E-state index contributed by atoms with van der Waals surface area (Å²) in [6.07, 6.45) is 1.73. The molecule has 0 amide bonds. The number of aromatic nitrogens is 4. The first kappa shape index (κ1) is 16.4. The van der Waals surface area contributed by atoms with Gasteiger partial charge in [-0.1, -0.05) is 43.3 Å². The van der Waals surface area contributed by atoms with E-state index < -0.39 is 0 Å². The van der Waals surface area contributed by atoms with Crippen molar-refractivity contribution in [3.8, 4) is 11.5 Å². The van der Waals surface area contributed by atoms with Crippen LogP contribution in [0.3, 0.4) is 0 Å². The summed E-state index contributed by atoms with van der Waals surface area (Å²) in [6.45, 7) is 4.00. The Kier molecular flexibility index (Phi) is 5.10. The van der Waals surface area contributed by atoms with Crippen LogP contribution in [0.2, 0.25) is 0 Å². The highest BCUT2D eigenvalue weighted by Gasteiger charge is 2.17. The third kappa shape index (κ3) is 3.91. The summed E-state index contributed by atoms with van der Waals surface area (Å²) in [6, 6.07) is 11.2. The number of hydrogen-bond acceptors (Lipinski definition) is 6. The molecule has 0 bridgehead atoms. The summed E-state index contributed by atoms with van der Waals surface area (Å²) in [5, 5.41) is 8.66. The summed E-state index contributed by atoms with van der Waals surface area (Å²) in [7, 11) is 0. The molecule has 3 rings (SSSR count). The summed E-state index contributed by atoms with van der Waals surface area (Å²) in [5.41, 5.74) is 1.54. The number of aromatic amines is 1. The average molecular weight is 342 g/mol. The molecule has 2 heterocycles. The molecule has 6 nitrogen and oxygen atoms in total. The maximum Gasteiger partial charge on any atom is 0.251 e. The molecule has 1 N–H and O–H groups in total. The molecular weight excluding hydrogens is 324 g/mol. The summed E-state index contributed by atoms with van der Waals surface area (Å²) >= 11 is 1.40. The van der Waals surface area contributed by atoms with Gasteiger partial charge in [0.2, 0.25) is 11.8 Å². The second-order valence-corrected chi connectivity index (χ2v) is 6.69. The molecule has 1 aromatic carbocycles. The zero-order chi connectivity index (χ0) is 16.9. The average Bonchev–Trinajstić information content (AvgIpc) is 3.05. The Balaban J connectivity index is 1.77. The van der Waals surface area contributed by atoms with Crippen LogP contribution < -0.4 is 5.56 Å². The minimum Gasteiger partial charge on any atom is -0.419 e. The number of nitrogens with one attached hydrogen (secondary N) is 1. The molecule has 0 fully saturated rings. The Hall–Kier alpha value is -2.41. The molecule has 0 radical (unpaired) electrons. The second-order valence-electron chi connectivity index (χ2n) is 5.36. The fourth-order valence-electron chi connectivity index (χ4n) is 2.24. The van der Waals surface area contributed by atoms with E-state index >= 15 is 0 Å². The Labute approximate surface area is 143 Å². The maximum absolute atomic E-state index is 11.7. The van der Waals surface area contributed by atoms with E-state index in [1.165, 1.54) is 11.8 Å². The van der Waals surface area contributed by atoms with Crippen LogP contribution in [-0.2, 0) is 6.42 Å². The molecule has 0 saturated carbocycles. The van der Waals surface area contributed by atoms with Gasteiger partial charge in [0.1, 0.15) is 0 Å². The third-order valence-corrected chi connectivity index (χ3v) is 4.35. The van der Waals surface area contributed by atoms with Crippen molar-refractivity contribution in [2.24, 2.45) is 0 Å². The zero-order valence-electron chi connectivity index (χ0n) is 13.5. The Bertz CT molecular complexity index is 860. The molecule has 1 unspecified atom stereocenters. The first-order valence-corrected chi connectivity index (χ1v) is 8.69. The highest BCUT2D eigenvalue weighted by atomic mass is 32.2. The zero-order valence-corrected chi connectivity index (χ0v) is 14.3. The maximum atomic E-state index is 11.7. The van der Waals surface area contributed by atoms with Crippen molar-refractivity contribution in [3.05, 3.63) is 58.3 Å². The minimum absolute atomic E-state index is 0.116. The summed E-state index contributed by atoms with van der Waals surface area (Å²) in [4.78, 5) is 19.0. The standard InChI is InChI=1S/C17H18N4O2S/c1-3-7-13-10-14(22)19-17(18-13)24-11(2)15-20-21-16(23-15)12-8-5-4-6-9-12/h4-6,8-11H,3,7H2,1-2H3,(H,18,19,22). The van der Waals surface area contributed by atoms with Crippen molar-refractivity contribution < 1.29 is 4.42 Å². The molecule has 24 heavy (non-hydrogen) atoms. The molecule has 0 spiro atoms. The van der Waals surface area contributed by atoms with Crippen LogP contribution in [0.4, 0.5) is 0 Å². The summed E-state index contributed by atoms with van der Waals surface area (Å²) < 4.78 is 5.75. The van der Waals surface area contributed by atoms with E-state index in [1.54, 1.807) is 6.07 Å². The van der Waals surface area contributed by atoms with Crippen molar-refractivity contribution in [1.82, 2.24) is 20.2 Å². The van der Waals surface area contributed by atoms with E-state index in [0.717, 1.165) is 24.1 Å². The predicted molar refractivity (Wildman–Crippen MR) is 92.9 cm³/mol. The lowest BCUT2D eigenvalue weighted by Crippen LogP contribution is -2.10. The Morgan fingerprint density at radius 3 is 2.79 bits per heavy atom. The number of nitrogens with zero attached hydrogens (tertiary/aromatic N) is 3. The van der Waals surface area contributed by atoms with Gasteiger partial charge in [0.15, 0.2) is 5.16 Å². The molecule has 7 heteroatoms. The highest BCUT2D eigenvalue weighted by molar-refractivity contribution is 7.99. The van der Waals surface area contributed by atoms with Crippen LogP contribution in [0.5, 0.6) is 0 Å². The SMILES string of the molecule is CCCc1cc(=O)[nH]c(SC(C)c2nnc(-c3ccccc3)o2)n1. The van der Waals surface area contributed by atoms with Crippen LogP contribution in [-0.4, -0.2) is 20.2 Å². The van der Waals surface area contributed by atoms with E-state index in [-0.39, 0.29) is 10.8 Å². The molecule has 124 valence electrons. The summed E-state index contributed by atoms with van der Waals surface area (Å²) in [5.74, 6) is 0.988. The predicted octanol–water partition coefficient (Wildman–Crippen LogP) is 3.63. The quantitative estimate of drug-likeness (QED) is 0.544. The van der Waals surface area contributed by atoms with Crippen molar-refractivity contribution in [1.29, 1.82) is 0 Å². The fourth-order valence-corrected chi connectivity index (χ4v) is 3.10.